The summed E-state index contributed by atoms with van der Waals surface area (Å²) in [6.45, 7) is 0.168. The van der Waals surface area contributed by atoms with E-state index < -0.39 is 24.3 Å². The molecule has 2 bridgehead atoms. The molecule has 2 heterocycles. The van der Waals surface area contributed by atoms with E-state index in [0.717, 1.165) is 22.3 Å². The third-order valence-corrected chi connectivity index (χ3v) is 5.96. The lowest BCUT2D eigenvalue weighted by molar-refractivity contribution is -0.144. The average Bonchev–Trinajstić information content (AvgIpc) is 3.25. The largest absolute Gasteiger partial charge is 0.448 e. The van der Waals surface area contributed by atoms with E-state index in [2.05, 4.69) is 12.1 Å². The molecule has 2 fully saturated rings. The van der Waals surface area contributed by atoms with Gasteiger partial charge in [0, 0.05) is 5.92 Å². The Morgan fingerprint density at radius 1 is 1.07 bits per heavy atom. The van der Waals surface area contributed by atoms with Gasteiger partial charge in [0.2, 0.25) is 11.8 Å². The maximum atomic E-state index is 12.9. The van der Waals surface area contributed by atoms with Crippen molar-refractivity contribution in [2.24, 2.45) is 5.73 Å². The van der Waals surface area contributed by atoms with Crippen molar-refractivity contribution in [2.45, 2.75) is 18.2 Å². The minimum absolute atomic E-state index is 0.0632. The Bertz CT molecular complexity index is 993. The highest BCUT2D eigenvalue weighted by atomic mass is 16.6. The van der Waals surface area contributed by atoms with Gasteiger partial charge in [-0.05, 0) is 22.3 Å². The highest BCUT2D eigenvalue weighted by Crippen LogP contribution is 2.44. The molecule has 0 aromatic heterocycles. The van der Waals surface area contributed by atoms with Crippen LogP contribution in [0.4, 0.5) is 4.79 Å². The molecule has 0 radical (unpaired) electrons. The van der Waals surface area contributed by atoms with E-state index in [1.54, 1.807) is 0 Å². The molecule has 8 nitrogen and oxygen atoms in total. The summed E-state index contributed by atoms with van der Waals surface area (Å²) < 4.78 is 11.3. The van der Waals surface area contributed by atoms with Crippen molar-refractivity contribution in [3.05, 3.63) is 59.7 Å². The third-order valence-electron chi connectivity index (χ3n) is 5.96. The van der Waals surface area contributed by atoms with Crippen molar-refractivity contribution >= 4 is 17.9 Å². The summed E-state index contributed by atoms with van der Waals surface area (Å²) in [5, 5.41) is 0. The predicted octanol–water partition coefficient (Wildman–Crippen LogP) is 1.29. The Morgan fingerprint density at radius 2 is 1.70 bits per heavy atom. The molecule has 2 aromatic rings. The van der Waals surface area contributed by atoms with Gasteiger partial charge in [0.05, 0.1) is 19.7 Å². The fourth-order valence-electron chi connectivity index (χ4n) is 4.63. The van der Waals surface area contributed by atoms with Crippen molar-refractivity contribution in [3.8, 4) is 11.1 Å². The van der Waals surface area contributed by atoms with E-state index in [4.69, 9.17) is 15.2 Å². The number of hydrogen-bond donors (Lipinski definition) is 1. The van der Waals surface area contributed by atoms with Gasteiger partial charge < -0.3 is 20.1 Å². The van der Waals surface area contributed by atoms with E-state index in [0.29, 0.717) is 0 Å². The zero-order valence-electron chi connectivity index (χ0n) is 16.2. The Labute approximate surface area is 173 Å². The van der Waals surface area contributed by atoms with Crippen LogP contribution >= 0.6 is 0 Å². The van der Waals surface area contributed by atoms with Gasteiger partial charge in [0.25, 0.3) is 0 Å². The van der Waals surface area contributed by atoms with Gasteiger partial charge in [-0.2, -0.15) is 0 Å². The molecule has 3 amide bonds. The van der Waals surface area contributed by atoms with Gasteiger partial charge >= 0.3 is 6.09 Å². The first-order chi connectivity index (χ1) is 14.5. The van der Waals surface area contributed by atoms with Gasteiger partial charge in [-0.15, -0.1) is 0 Å². The first-order valence-corrected chi connectivity index (χ1v) is 9.86. The molecule has 2 atom stereocenters. The van der Waals surface area contributed by atoms with Crippen LogP contribution in [0.3, 0.4) is 0 Å². The first-order valence-electron chi connectivity index (χ1n) is 9.86. The summed E-state index contributed by atoms with van der Waals surface area (Å²) in [5.41, 5.74) is 9.74. The lowest BCUT2D eigenvalue weighted by Gasteiger charge is -2.37. The summed E-state index contributed by atoms with van der Waals surface area (Å²) >= 11 is 0. The van der Waals surface area contributed by atoms with Crippen LogP contribution < -0.4 is 5.73 Å². The summed E-state index contributed by atoms with van der Waals surface area (Å²) in [6, 6.07) is 15.4. The monoisotopic (exact) mass is 407 g/mol. The fourth-order valence-corrected chi connectivity index (χ4v) is 4.63. The van der Waals surface area contributed by atoms with Crippen LogP contribution in [0.5, 0.6) is 0 Å². The topological polar surface area (TPSA) is 102 Å². The number of amides is 3. The molecule has 5 rings (SSSR count). The molecular weight excluding hydrogens is 386 g/mol. The Balaban J connectivity index is 1.32. The quantitative estimate of drug-likeness (QED) is 0.823. The predicted molar refractivity (Wildman–Crippen MR) is 106 cm³/mol. The van der Waals surface area contributed by atoms with Gasteiger partial charge in [0.15, 0.2) is 6.23 Å². The van der Waals surface area contributed by atoms with E-state index in [9.17, 15) is 14.4 Å². The lowest BCUT2D eigenvalue weighted by Crippen LogP contribution is -2.60. The number of rotatable bonds is 4. The minimum atomic E-state index is -0.793. The van der Waals surface area contributed by atoms with Crippen LogP contribution in [0.1, 0.15) is 17.0 Å². The Morgan fingerprint density at radius 3 is 2.33 bits per heavy atom. The van der Waals surface area contributed by atoms with Crippen molar-refractivity contribution < 1.29 is 23.9 Å². The van der Waals surface area contributed by atoms with Crippen LogP contribution in [0, 0.1) is 0 Å². The molecule has 2 aromatic carbocycles. The molecule has 2 saturated heterocycles. The molecule has 0 spiro atoms. The second-order valence-electron chi connectivity index (χ2n) is 7.70. The summed E-state index contributed by atoms with van der Waals surface area (Å²) in [5.74, 6) is -1.01. The zero-order valence-corrected chi connectivity index (χ0v) is 16.2. The van der Waals surface area contributed by atoms with E-state index >= 15 is 0 Å². The minimum Gasteiger partial charge on any atom is -0.448 e. The van der Waals surface area contributed by atoms with E-state index in [1.807, 2.05) is 36.4 Å². The van der Waals surface area contributed by atoms with Crippen molar-refractivity contribution in [3.63, 3.8) is 0 Å². The maximum Gasteiger partial charge on any atom is 0.412 e. The summed E-state index contributed by atoms with van der Waals surface area (Å²) in [6.07, 6.45) is -1.22. The lowest BCUT2D eigenvalue weighted by atomic mass is 9.98. The van der Waals surface area contributed by atoms with Gasteiger partial charge in [0.1, 0.15) is 12.6 Å². The average molecular weight is 407 g/mol. The molecule has 0 unspecified atom stereocenters. The van der Waals surface area contributed by atoms with Gasteiger partial charge in [-0.1, -0.05) is 48.5 Å². The molecule has 2 aliphatic heterocycles. The third kappa shape index (κ3) is 2.91. The summed E-state index contributed by atoms with van der Waals surface area (Å²) in [4.78, 5) is 39.4. The molecule has 3 aliphatic rings. The zero-order chi connectivity index (χ0) is 20.8. The van der Waals surface area contributed by atoms with Crippen molar-refractivity contribution in [1.82, 2.24) is 9.80 Å². The molecule has 30 heavy (non-hydrogen) atoms. The number of carbonyl (C=O) groups excluding carboxylic acids is 3. The standard InChI is InChI=1S/C22H21N3O5/c23-19(26)9-24-10-20-25(18(12-29-20)21(24)27)22(28)30-11-17-15-7-3-1-5-13(15)14-6-2-4-8-16(14)17/h1-8,17-18,20H,9-12H2,(H2,23,26)/t18-,20-/m0/s1. The van der Waals surface area contributed by atoms with Crippen LogP contribution in [0.25, 0.3) is 11.1 Å². The second-order valence-corrected chi connectivity index (χ2v) is 7.70. The van der Waals surface area contributed by atoms with Gasteiger partial charge in [-0.25, -0.2) is 4.79 Å². The number of ether oxygens (including phenoxy) is 2. The van der Waals surface area contributed by atoms with Crippen LogP contribution in [0.15, 0.2) is 48.5 Å². The SMILES string of the molecule is NC(=O)CN1C[C@@H]2OC[C@@H](C1=O)N2C(=O)OCC1c2ccccc2-c2ccccc21. The number of nitrogens with two attached hydrogens (primary N) is 1. The number of piperazine rings is 1. The highest BCUT2D eigenvalue weighted by Gasteiger charge is 2.50. The Kier molecular flexibility index (Phi) is 4.43. The molecule has 2 N–H and O–H groups in total. The number of nitrogens with zero attached hydrogens (tertiary/aromatic N) is 2. The van der Waals surface area contributed by atoms with Gasteiger partial charge in [-0.3, -0.25) is 14.5 Å². The normalized spacial score (nSPS) is 22.1. The maximum absolute atomic E-state index is 12.9. The number of primary amides is 1. The molecular formula is C22H21N3O5. The molecule has 0 saturated carbocycles. The first kappa shape index (κ1) is 18.6. The van der Waals surface area contributed by atoms with E-state index in [1.165, 1.54) is 9.80 Å². The van der Waals surface area contributed by atoms with E-state index in [-0.39, 0.29) is 38.1 Å². The van der Waals surface area contributed by atoms with Crippen LogP contribution in [0.2, 0.25) is 0 Å². The number of benzene rings is 2. The van der Waals surface area contributed by atoms with Crippen molar-refractivity contribution in [1.29, 1.82) is 0 Å². The van der Waals surface area contributed by atoms with Crippen LogP contribution in [-0.2, 0) is 19.1 Å². The molecule has 8 heteroatoms. The fraction of sp³-hybridized carbons (Fsp3) is 0.318. The van der Waals surface area contributed by atoms with Crippen LogP contribution in [-0.4, -0.2) is 66.3 Å². The number of fused-ring (bicyclic) bond motifs is 5. The molecule has 1 aliphatic carbocycles. The summed E-state index contributed by atoms with van der Waals surface area (Å²) in [7, 11) is 0. The van der Waals surface area contributed by atoms with Crippen molar-refractivity contribution in [2.75, 3.05) is 26.3 Å². The second kappa shape index (κ2) is 7.14. The number of hydrogen-bond acceptors (Lipinski definition) is 5. The Hall–Kier alpha value is -3.39. The highest BCUT2D eigenvalue weighted by molar-refractivity contribution is 5.91. The smallest absolute Gasteiger partial charge is 0.412 e. The number of carbonyl (C=O) groups is 3. The molecule has 154 valence electrons.